The van der Waals surface area contributed by atoms with E-state index in [1.54, 1.807) is 11.6 Å². The van der Waals surface area contributed by atoms with E-state index in [9.17, 15) is 9.90 Å². The van der Waals surface area contributed by atoms with Crippen LogP contribution in [0.4, 0.5) is 0 Å². The summed E-state index contributed by atoms with van der Waals surface area (Å²) in [6, 6.07) is 7.46. The van der Waals surface area contributed by atoms with Crippen LogP contribution in [0.25, 0.3) is 11.2 Å². The van der Waals surface area contributed by atoms with Gasteiger partial charge in [-0.15, -0.1) is 0 Å². The van der Waals surface area contributed by atoms with Gasteiger partial charge in [-0.25, -0.2) is 14.3 Å². The smallest absolute Gasteiger partial charge is 0.400 e. The van der Waals surface area contributed by atoms with Crippen LogP contribution in [0.5, 0.6) is 6.01 Å². The van der Waals surface area contributed by atoms with Gasteiger partial charge in [0.05, 0.1) is 20.2 Å². The van der Waals surface area contributed by atoms with Gasteiger partial charge in [0.25, 0.3) is 11.3 Å². The Morgan fingerprint density at radius 2 is 2.10 bits per heavy atom. The summed E-state index contributed by atoms with van der Waals surface area (Å²) in [7, 11) is 1.74. The second-order valence-electron chi connectivity index (χ2n) is 7.96. The number of fused-ring (bicyclic) bond motifs is 1. The number of nitrogens with one attached hydrogen (secondary N) is 1. The summed E-state index contributed by atoms with van der Waals surface area (Å²) in [6.45, 7) is 3.99. The highest BCUT2D eigenvalue weighted by molar-refractivity contribution is 6.30. The maximum Gasteiger partial charge on any atom is 0.400 e. The largest absolute Gasteiger partial charge is 0.458 e. The van der Waals surface area contributed by atoms with Crippen molar-refractivity contribution < 1.29 is 23.7 Å². The van der Waals surface area contributed by atoms with Crippen LogP contribution >= 0.6 is 11.6 Å². The zero-order valence-corrected chi connectivity index (χ0v) is 18.7. The Morgan fingerprint density at radius 3 is 2.81 bits per heavy atom. The van der Waals surface area contributed by atoms with Crippen LogP contribution in [-0.4, -0.2) is 34.2 Å². The molecule has 3 heterocycles. The van der Waals surface area contributed by atoms with Crippen molar-refractivity contribution >= 4 is 22.8 Å². The molecule has 0 amide bonds. The highest BCUT2D eigenvalue weighted by Gasteiger charge is 2.29. The molecule has 31 heavy (non-hydrogen) atoms. The average molecular weight is 449 g/mol. The molecule has 1 unspecified atom stereocenters. The minimum atomic E-state index is -0.238. The summed E-state index contributed by atoms with van der Waals surface area (Å²) < 4.78 is 16.3. The molecule has 4 rings (SSSR count). The first kappa shape index (κ1) is 21.8. The van der Waals surface area contributed by atoms with Gasteiger partial charge in [0.2, 0.25) is 0 Å². The van der Waals surface area contributed by atoms with E-state index in [-0.39, 0.29) is 17.9 Å². The van der Waals surface area contributed by atoms with E-state index < -0.39 is 0 Å². The maximum atomic E-state index is 13.3. The lowest BCUT2D eigenvalue weighted by Gasteiger charge is -2.22. The quantitative estimate of drug-likeness (QED) is 0.428. The molecule has 2 N–H and O–H groups in total. The van der Waals surface area contributed by atoms with Crippen LogP contribution in [0, 0.1) is 6.92 Å². The van der Waals surface area contributed by atoms with Gasteiger partial charge >= 0.3 is 17.2 Å². The molecule has 1 saturated heterocycles. The zero-order chi connectivity index (χ0) is 22.0. The monoisotopic (exact) mass is 448 g/mol. The summed E-state index contributed by atoms with van der Waals surface area (Å²) in [5.41, 5.74) is 1.89. The highest BCUT2D eigenvalue weighted by atomic mass is 35.5. The average Bonchev–Trinajstić information content (AvgIpc) is 3.10. The van der Waals surface area contributed by atoms with E-state index in [0.29, 0.717) is 42.3 Å². The lowest BCUT2D eigenvalue weighted by molar-refractivity contribution is -0.679. The van der Waals surface area contributed by atoms with Crippen LogP contribution in [-0.2, 0) is 29.6 Å². The molecular weight excluding hydrogens is 420 g/mol. The van der Waals surface area contributed by atoms with Crippen molar-refractivity contribution in [3.63, 3.8) is 0 Å². The molecule has 1 aliphatic rings. The normalized spacial score (nSPS) is 16.8. The van der Waals surface area contributed by atoms with Crippen LogP contribution in [0.15, 0.2) is 29.1 Å². The number of hydrogen-bond acceptors (Lipinski definition) is 4. The third-order valence-electron chi connectivity index (χ3n) is 5.74. The van der Waals surface area contributed by atoms with Gasteiger partial charge in [-0.2, -0.15) is 9.13 Å². The number of aryl methyl sites for hydroxylation is 2. The van der Waals surface area contributed by atoms with Gasteiger partial charge < -0.3 is 14.6 Å². The molecule has 1 aliphatic heterocycles. The number of ether oxygens (including phenoxy) is 2. The second-order valence-corrected chi connectivity index (χ2v) is 8.39. The van der Waals surface area contributed by atoms with E-state index in [0.717, 1.165) is 37.3 Å². The first-order valence-electron chi connectivity index (χ1n) is 10.7. The van der Waals surface area contributed by atoms with E-state index in [2.05, 4.69) is 4.98 Å². The Bertz CT molecular complexity index is 1120. The number of benzene rings is 1. The summed E-state index contributed by atoms with van der Waals surface area (Å²) in [6.07, 6.45) is 3.52. The first-order chi connectivity index (χ1) is 15.0. The number of H-pyrrole nitrogens is 1. The Hall–Kier alpha value is -2.42. The lowest BCUT2D eigenvalue weighted by atomic mass is 10.2. The van der Waals surface area contributed by atoms with Gasteiger partial charge in [0.15, 0.2) is 6.29 Å². The third kappa shape index (κ3) is 4.61. The summed E-state index contributed by atoms with van der Waals surface area (Å²) in [5, 5.41) is 11.3. The van der Waals surface area contributed by atoms with Gasteiger partial charge in [-0.3, -0.25) is 0 Å². The molecule has 9 heteroatoms. The number of aromatic amines is 1. The van der Waals surface area contributed by atoms with Crippen molar-refractivity contribution in [2.75, 3.05) is 13.2 Å². The number of aromatic hydroxyl groups is 1. The standard InChI is InChI=1S/C22H27ClN4O4/c1-15-24-20-19(27(15)14-16-7-9-17(23)10-8-16)21(28)26(22(29)25(20)2)11-5-13-31-18-6-3-4-12-30-18/h7-10,18H,3-6,11-14H2,1-2H3/p+2. The molecule has 0 bridgehead atoms. The summed E-state index contributed by atoms with van der Waals surface area (Å²) in [5.74, 6) is 0.826. The minimum Gasteiger partial charge on any atom is -0.458 e. The number of nitrogens with zero attached hydrogens (tertiary/aromatic N) is 3. The molecule has 0 aliphatic carbocycles. The van der Waals surface area contributed by atoms with Gasteiger partial charge in [0.1, 0.15) is 6.54 Å². The Kier molecular flexibility index (Phi) is 6.60. The Morgan fingerprint density at radius 1 is 1.32 bits per heavy atom. The summed E-state index contributed by atoms with van der Waals surface area (Å²) in [4.78, 5) is 16.6. The maximum absolute atomic E-state index is 13.3. The van der Waals surface area contributed by atoms with Crippen molar-refractivity contribution in [2.45, 2.75) is 52.0 Å². The fourth-order valence-electron chi connectivity index (χ4n) is 4.00. The molecule has 0 saturated carbocycles. The van der Waals surface area contributed by atoms with Gasteiger partial charge in [-0.05, 0) is 37.0 Å². The topological polar surface area (TPSA) is 84.2 Å². The minimum absolute atomic E-state index is 0.0914. The number of rotatable bonds is 7. The van der Waals surface area contributed by atoms with Gasteiger partial charge in [0, 0.05) is 25.0 Å². The van der Waals surface area contributed by atoms with E-state index in [1.807, 2.05) is 35.8 Å². The molecule has 1 fully saturated rings. The van der Waals surface area contributed by atoms with Crippen molar-refractivity contribution in [3.8, 4) is 6.01 Å². The molecule has 1 atom stereocenters. The number of hydrogen-bond donors (Lipinski definition) is 2. The predicted octanol–water partition coefficient (Wildman–Crippen LogP) is 2.09. The molecule has 0 radical (unpaired) electrons. The van der Waals surface area contributed by atoms with Crippen LogP contribution in [0.3, 0.4) is 0 Å². The van der Waals surface area contributed by atoms with Crippen LogP contribution in [0.1, 0.15) is 37.1 Å². The zero-order valence-electron chi connectivity index (χ0n) is 17.9. The van der Waals surface area contributed by atoms with Crippen molar-refractivity contribution in [1.82, 2.24) is 9.55 Å². The SMILES string of the molecule is Cc1[nH]c2c(c(=O)n(CCCOC3CCCCO3)c(O)[n+]2C)[n+]1Cc1ccc(Cl)cc1. The third-order valence-corrected chi connectivity index (χ3v) is 6.00. The fourth-order valence-corrected chi connectivity index (χ4v) is 4.13. The van der Waals surface area contributed by atoms with E-state index in [1.165, 1.54) is 4.57 Å². The highest BCUT2D eigenvalue weighted by Crippen LogP contribution is 2.15. The second kappa shape index (κ2) is 9.38. The van der Waals surface area contributed by atoms with Crippen molar-refractivity contribution in [1.29, 1.82) is 0 Å². The molecule has 1 aromatic carbocycles. The molecule has 3 aromatic rings. The van der Waals surface area contributed by atoms with E-state index >= 15 is 0 Å². The van der Waals surface area contributed by atoms with Crippen LogP contribution < -0.4 is 14.7 Å². The molecular formula is C22H29ClN4O4+2. The van der Waals surface area contributed by atoms with Crippen molar-refractivity contribution in [3.05, 3.63) is 51.0 Å². The fraction of sp³-hybridized carbons (Fsp3) is 0.500. The first-order valence-corrected chi connectivity index (χ1v) is 11.0. The van der Waals surface area contributed by atoms with Crippen LogP contribution in [0.2, 0.25) is 5.02 Å². The Balaban J connectivity index is 1.58. The molecule has 2 aromatic heterocycles. The molecule has 8 nitrogen and oxygen atoms in total. The predicted molar refractivity (Wildman–Crippen MR) is 115 cm³/mol. The summed E-state index contributed by atoms with van der Waals surface area (Å²) >= 11 is 6.00. The molecule has 166 valence electrons. The lowest BCUT2D eigenvalue weighted by Crippen LogP contribution is -2.45. The van der Waals surface area contributed by atoms with Gasteiger partial charge in [-0.1, -0.05) is 23.7 Å². The number of aromatic nitrogens is 4. The number of imidazole rings is 1. The van der Waals surface area contributed by atoms with E-state index in [4.69, 9.17) is 21.1 Å². The number of halogens is 1. The Labute approximate surface area is 185 Å². The van der Waals surface area contributed by atoms with Crippen molar-refractivity contribution in [2.24, 2.45) is 7.05 Å². The molecule has 0 spiro atoms.